The summed E-state index contributed by atoms with van der Waals surface area (Å²) in [5.41, 5.74) is 7.73. The minimum atomic E-state index is 0.486. The van der Waals surface area contributed by atoms with Crippen LogP contribution in [0.5, 0.6) is 0 Å². The third-order valence-corrected chi connectivity index (χ3v) is 3.34. The second-order valence-corrected chi connectivity index (χ2v) is 4.80. The molecule has 0 unspecified atom stereocenters. The summed E-state index contributed by atoms with van der Waals surface area (Å²) in [6.07, 6.45) is 2.43. The fraction of sp³-hybridized carbons (Fsp3) is 0.250. The molecule has 3 rings (SSSR count). The normalized spacial score (nSPS) is 11.3. The Morgan fingerprint density at radius 1 is 1.37 bits per heavy atom. The summed E-state index contributed by atoms with van der Waals surface area (Å²) in [4.78, 5) is 4.31. The molecule has 6 nitrogen and oxygen atoms in total. The molecule has 0 radical (unpaired) electrons. The first-order valence-electron chi connectivity index (χ1n) is 5.89. The Labute approximate surface area is 114 Å². The number of imidazole rings is 1. The maximum atomic E-state index is 5.95. The molecule has 19 heavy (non-hydrogen) atoms. The average Bonchev–Trinajstić information content (AvgIpc) is 2.90. The molecule has 7 heteroatoms. The third kappa shape index (κ3) is 2.15. The van der Waals surface area contributed by atoms with Gasteiger partial charge in [0.1, 0.15) is 12.2 Å². The molecule has 3 aromatic rings. The van der Waals surface area contributed by atoms with Crippen LogP contribution < -0.4 is 5.73 Å². The van der Waals surface area contributed by atoms with E-state index in [0.717, 1.165) is 23.3 Å². The lowest BCUT2D eigenvalue weighted by Gasteiger charge is -2.06. The molecule has 0 saturated carbocycles. The number of nitrogens with two attached hydrogens (primary N) is 1. The van der Waals surface area contributed by atoms with E-state index >= 15 is 0 Å². The van der Waals surface area contributed by atoms with E-state index in [0.29, 0.717) is 17.5 Å². The zero-order chi connectivity index (χ0) is 13.4. The quantitative estimate of drug-likeness (QED) is 0.789. The molecule has 0 fully saturated rings. The summed E-state index contributed by atoms with van der Waals surface area (Å²) in [7, 11) is 1.92. The first kappa shape index (κ1) is 12.0. The van der Waals surface area contributed by atoms with Crippen molar-refractivity contribution in [1.29, 1.82) is 0 Å². The van der Waals surface area contributed by atoms with Gasteiger partial charge in [-0.15, -0.1) is 10.2 Å². The van der Waals surface area contributed by atoms with Crippen molar-refractivity contribution < 1.29 is 0 Å². The smallest absolute Gasteiger partial charge is 0.201 e. The van der Waals surface area contributed by atoms with E-state index in [1.807, 2.05) is 34.4 Å². The first-order valence-corrected chi connectivity index (χ1v) is 6.27. The van der Waals surface area contributed by atoms with Crippen molar-refractivity contribution in [3.8, 4) is 0 Å². The van der Waals surface area contributed by atoms with E-state index in [1.165, 1.54) is 0 Å². The van der Waals surface area contributed by atoms with Gasteiger partial charge in [-0.25, -0.2) is 4.98 Å². The molecular formula is C12H13ClN6. The fourth-order valence-corrected chi connectivity index (χ4v) is 2.27. The minimum absolute atomic E-state index is 0.486. The number of benzene rings is 1. The molecule has 0 aliphatic heterocycles. The van der Waals surface area contributed by atoms with Crippen LogP contribution in [0.3, 0.4) is 0 Å². The number of hydrogen-bond acceptors (Lipinski definition) is 4. The summed E-state index contributed by atoms with van der Waals surface area (Å²) < 4.78 is 3.85. The molecule has 2 aromatic heterocycles. The van der Waals surface area contributed by atoms with Gasteiger partial charge in [-0.2, -0.15) is 0 Å². The molecule has 2 heterocycles. The van der Waals surface area contributed by atoms with Gasteiger partial charge in [0.25, 0.3) is 0 Å². The summed E-state index contributed by atoms with van der Waals surface area (Å²) >= 11 is 5.95. The molecule has 1 aromatic carbocycles. The fourth-order valence-electron chi connectivity index (χ4n) is 2.10. The van der Waals surface area contributed by atoms with Crippen molar-refractivity contribution in [2.45, 2.75) is 13.0 Å². The van der Waals surface area contributed by atoms with Gasteiger partial charge in [0.15, 0.2) is 0 Å². The summed E-state index contributed by atoms with van der Waals surface area (Å²) in [6.45, 7) is 0.705. The van der Waals surface area contributed by atoms with Gasteiger partial charge in [-0.3, -0.25) is 0 Å². The second kappa shape index (κ2) is 4.55. The predicted octanol–water partition coefficient (Wildman–Crippen LogP) is 1.64. The highest BCUT2D eigenvalue weighted by Crippen LogP contribution is 2.21. The summed E-state index contributed by atoms with van der Waals surface area (Å²) in [5, 5.41) is 8.57. The molecule has 0 atom stereocenters. The minimum Gasteiger partial charge on any atom is -0.369 e. The Morgan fingerprint density at radius 3 is 2.95 bits per heavy atom. The van der Waals surface area contributed by atoms with Crippen molar-refractivity contribution in [3.63, 3.8) is 0 Å². The number of aryl methyl sites for hydroxylation is 3. The van der Waals surface area contributed by atoms with Gasteiger partial charge in [-0.1, -0.05) is 11.6 Å². The van der Waals surface area contributed by atoms with Crippen LogP contribution in [0.2, 0.25) is 5.02 Å². The Balaban J connectivity index is 1.92. The third-order valence-electron chi connectivity index (χ3n) is 3.10. The maximum Gasteiger partial charge on any atom is 0.201 e. The van der Waals surface area contributed by atoms with Gasteiger partial charge in [0.2, 0.25) is 5.95 Å². The van der Waals surface area contributed by atoms with E-state index < -0.39 is 0 Å². The van der Waals surface area contributed by atoms with E-state index in [2.05, 4.69) is 15.2 Å². The summed E-state index contributed by atoms with van der Waals surface area (Å²) in [6, 6.07) is 5.58. The Kier molecular flexibility index (Phi) is 2.87. The molecule has 2 N–H and O–H groups in total. The van der Waals surface area contributed by atoms with Crippen LogP contribution in [0, 0.1) is 0 Å². The average molecular weight is 277 g/mol. The SMILES string of the molecule is Cn1cnnc1CCn1c(N)nc2cc(Cl)ccc21. The molecule has 0 aliphatic carbocycles. The number of fused-ring (bicyclic) bond motifs is 1. The number of nitrogens with zero attached hydrogens (tertiary/aromatic N) is 5. The highest BCUT2D eigenvalue weighted by atomic mass is 35.5. The van der Waals surface area contributed by atoms with Crippen molar-refractivity contribution in [3.05, 3.63) is 35.4 Å². The number of halogens is 1. The van der Waals surface area contributed by atoms with Crippen LogP contribution in [-0.4, -0.2) is 24.3 Å². The number of nitrogen functional groups attached to an aromatic ring is 1. The lowest BCUT2D eigenvalue weighted by Crippen LogP contribution is -2.08. The Bertz CT molecular complexity index is 729. The first-order chi connectivity index (χ1) is 9.15. The van der Waals surface area contributed by atoms with Gasteiger partial charge in [0.05, 0.1) is 11.0 Å². The Hall–Kier alpha value is -2.08. The molecule has 0 bridgehead atoms. The van der Waals surface area contributed by atoms with Gasteiger partial charge < -0.3 is 14.9 Å². The number of aromatic nitrogens is 5. The van der Waals surface area contributed by atoms with E-state index in [4.69, 9.17) is 17.3 Å². The highest BCUT2D eigenvalue weighted by Gasteiger charge is 2.09. The van der Waals surface area contributed by atoms with Crippen LogP contribution in [0.15, 0.2) is 24.5 Å². The number of hydrogen-bond donors (Lipinski definition) is 1. The lowest BCUT2D eigenvalue weighted by molar-refractivity contribution is 0.668. The van der Waals surface area contributed by atoms with E-state index in [9.17, 15) is 0 Å². The van der Waals surface area contributed by atoms with Crippen LogP contribution in [-0.2, 0) is 20.0 Å². The van der Waals surface area contributed by atoms with Crippen molar-refractivity contribution in [2.24, 2.45) is 7.05 Å². The zero-order valence-electron chi connectivity index (χ0n) is 10.4. The molecule has 0 amide bonds. The van der Waals surface area contributed by atoms with Crippen molar-refractivity contribution in [1.82, 2.24) is 24.3 Å². The molecular weight excluding hydrogens is 264 g/mol. The molecule has 0 aliphatic rings. The largest absolute Gasteiger partial charge is 0.369 e. The van der Waals surface area contributed by atoms with Crippen LogP contribution >= 0.6 is 11.6 Å². The standard InChI is InChI=1S/C12H13ClN6/c1-18-7-15-17-11(18)4-5-19-10-3-2-8(13)6-9(10)16-12(19)14/h2-3,6-7H,4-5H2,1H3,(H2,14,16). The van der Waals surface area contributed by atoms with E-state index in [1.54, 1.807) is 6.33 Å². The highest BCUT2D eigenvalue weighted by molar-refractivity contribution is 6.31. The summed E-state index contributed by atoms with van der Waals surface area (Å²) in [5.74, 6) is 1.40. The topological polar surface area (TPSA) is 74.5 Å². The van der Waals surface area contributed by atoms with Crippen molar-refractivity contribution >= 4 is 28.6 Å². The van der Waals surface area contributed by atoms with E-state index in [-0.39, 0.29) is 0 Å². The molecule has 0 spiro atoms. The van der Waals surface area contributed by atoms with Gasteiger partial charge in [-0.05, 0) is 18.2 Å². The number of rotatable bonds is 3. The predicted molar refractivity (Wildman–Crippen MR) is 73.9 cm³/mol. The monoisotopic (exact) mass is 276 g/mol. The van der Waals surface area contributed by atoms with Crippen molar-refractivity contribution in [2.75, 3.05) is 5.73 Å². The van der Waals surface area contributed by atoms with Gasteiger partial charge >= 0.3 is 0 Å². The maximum absolute atomic E-state index is 5.95. The second-order valence-electron chi connectivity index (χ2n) is 4.36. The lowest BCUT2D eigenvalue weighted by atomic mass is 10.3. The molecule has 98 valence electrons. The van der Waals surface area contributed by atoms with Gasteiger partial charge in [0, 0.05) is 25.0 Å². The zero-order valence-corrected chi connectivity index (χ0v) is 11.2. The molecule has 0 saturated heterocycles. The van der Waals surface area contributed by atoms with Crippen LogP contribution in [0.25, 0.3) is 11.0 Å². The number of anilines is 1. The Morgan fingerprint density at radius 2 is 2.21 bits per heavy atom. The van der Waals surface area contributed by atoms with Crippen LogP contribution in [0.1, 0.15) is 5.82 Å². The van der Waals surface area contributed by atoms with Crippen LogP contribution in [0.4, 0.5) is 5.95 Å².